The molecule has 0 unspecified atom stereocenters. The predicted molar refractivity (Wildman–Crippen MR) is 140 cm³/mol. The molecule has 2 N–H and O–H groups in total. The van der Waals surface area contributed by atoms with Crippen LogP contribution in [-0.2, 0) is 9.53 Å². The number of carbonyl (C=O) groups is 3. The molecule has 0 spiro atoms. The van der Waals surface area contributed by atoms with Crippen LogP contribution in [0.2, 0.25) is 5.02 Å². The second-order valence-electron chi connectivity index (χ2n) is 8.77. The van der Waals surface area contributed by atoms with Gasteiger partial charge in [0.2, 0.25) is 0 Å². The molecule has 1 atom stereocenters. The average molecular weight is 518 g/mol. The van der Waals surface area contributed by atoms with Crippen LogP contribution in [0, 0.1) is 0 Å². The summed E-state index contributed by atoms with van der Waals surface area (Å²) in [6.45, 7) is 11.6. The molecular formula is C26H36ClN5O4. The van der Waals surface area contributed by atoms with Gasteiger partial charge in [-0.05, 0) is 37.5 Å². The molecule has 1 aromatic rings. The van der Waals surface area contributed by atoms with Gasteiger partial charge in [-0.2, -0.15) is 0 Å². The molecule has 0 bridgehead atoms. The van der Waals surface area contributed by atoms with Gasteiger partial charge in [-0.15, -0.1) is 6.58 Å². The van der Waals surface area contributed by atoms with E-state index in [9.17, 15) is 14.4 Å². The molecule has 2 aliphatic rings. The first-order valence-electron chi connectivity index (χ1n) is 12.5. The van der Waals surface area contributed by atoms with E-state index in [4.69, 9.17) is 16.3 Å². The van der Waals surface area contributed by atoms with Gasteiger partial charge in [-0.1, -0.05) is 36.7 Å². The van der Waals surface area contributed by atoms with Crippen LogP contribution in [0.1, 0.15) is 38.3 Å². The Morgan fingerprint density at radius 2 is 2.06 bits per heavy atom. The minimum absolute atomic E-state index is 0.0588. The minimum atomic E-state index is -0.699. The molecule has 0 aliphatic carbocycles. The van der Waals surface area contributed by atoms with Gasteiger partial charge >= 0.3 is 18.0 Å². The van der Waals surface area contributed by atoms with Gasteiger partial charge in [-0.3, -0.25) is 9.80 Å². The fraction of sp³-hybridized carbons (Fsp3) is 0.500. The lowest BCUT2D eigenvalue weighted by atomic mass is 9.94. The second kappa shape index (κ2) is 13.3. The van der Waals surface area contributed by atoms with E-state index < -0.39 is 12.0 Å². The summed E-state index contributed by atoms with van der Waals surface area (Å²) in [4.78, 5) is 44.5. The number of urea groups is 2. The van der Waals surface area contributed by atoms with Gasteiger partial charge < -0.3 is 20.3 Å². The van der Waals surface area contributed by atoms with Crippen molar-refractivity contribution in [2.45, 2.75) is 32.7 Å². The van der Waals surface area contributed by atoms with Crippen LogP contribution < -0.4 is 10.6 Å². The van der Waals surface area contributed by atoms with E-state index in [2.05, 4.69) is 22.1 Å². The van der Waals surface area contributed by atoms with E-state index in [1.165, 1.54) is 4.90 Å². The summed E-state index contributed by atoms with van der Waals surface area (Å²) in [7, 11) is 0. The maximum absolute atomic E-state index is 13.3. The molecule has 1 fully saturated rings. The molecule has 1 saturated heterocycles. The first-order valence-corrected chi connectivity index (χ1v) is 12.9. The minimum Gasteiger partial charge on any atom is -0.463 e. The van der Waals surface area contributed by atoms with E-state index in [0.29, 0.717) is 54.6 Å². The summed E-state index contributed by atoms with van der Waals surface area (Å²) < 4.78 is 5.44. The molecule has 36 heavy (non-hydrogen) atoms. The zero-order valence-electron chi connectivity index (χ0n) is 21.1. The van der Waals surface area contributed by atoms with Gasteiger partial charge in [0.15, 0.2) is 0 Å². The standard InChI is InChI=1S/C26H36ClN5O4/c1-4-11-28-25(34)31-14-8-13-30(15-16-31)18-21-22(24(33)36-6-3)23(19-9-7-10-20(27)17-19)29-26(35)32(21)12-5-2/h5,7,9-10,17,23H,2,4,6,8,11-16,18H2,1,3H3,(H,28,34)(H,29,35)/t23-/m0/s1. The maximum Gasteiger partial charge on any atom is 0.338 e. The Morgan fingerprint density at radius 3 is 2.75 bits per heavy atom. The zero-order valence-corrected chi connectivity index (χ0v) is 21.9. The Bertz CT molecular complexity index is 998. The Hall–Kier alpha value is -3.04. The monoisotopic (exact) mass is 517 g/mol. The summed E-state index contributed by atoms with van der Waals surface area (Å²) in [5, 5.41) is 6.39. The number of rotatable bonds is 9. The number of ether oxygens (including phenoxy) is 1. The molecule has 9 nitrogen and oxygen atoms in total. The van der Waals surface area contributed by atoms with Crippen LogP contribution in [-0.4, -0.2) is 85.2 Å². The molecule has 2 heterocycles. The fourth-order valence-corrected chi connectivity index (χ4v) is 4.67. The van der Waals surface area contributed by atoms with E-state index in [1.807, 2.05) is 17.9 Å². The SMILES string of the molecule is C=CCN1C(=O)N[C@@H](c2cccc(Cl)c2)C(C(=O)OCC)=C1CN1CCCN(C(=O)NCCC)CC1. The van der Waals surface area contributed by atoms with Gasteiger partial charge in [0.05, 0.1) is 18.2 Å². The fourth-order valence-electron chi connectivity index (χ4n) is 4.47. The maximum atomic E-state index is 13.3. The Kier molecular flexibility index (Phi) is 10.2. The molecule has 2 aliphatic heterocycles. The molecule has 1 aromatic carbocycles. The number of nitrogens with zero attached hydrogens (tertiary/aromatic N) is 3. The van der Waals surface area contributed by atoms with Gasteiger partial charge in [0.1, 0.15) is 0 Å². The lowest BCUT2D eigenvalue weighted by Gasteiger charge is -2.38. The van der Waals surface area contributed by atoms with Gasteiger partial charge in [0, 0.05) is 56.5 Å². The van der Waals surface area contributed by atoms with E-state index in [1.54, 1.807) is 31.2 Å². The highest BCUT2D eigenvalue weighted by Crippen LogP contribution is 2.33. The van der Waals surface area contributed by atoms with Crippen molar-refractivity contribution in [1.82, 2.24) is 25.3 Å². The van der Waals surface area contributed by atoms with E-state index in [-0.39, 0.29) is 25.2 Å². The van der Waals surface area contributed by atoms with Crippen LogP contribution in [0.25, 0.3) is 0 Å². The van der Waals surface area contributed by atoms with E-state index in [0.717, 1.165) is 19.4 Å². The topological polar surface area (TPSA) is 94.2 Å². The molecule has 10 heteroatoms. The largest absolute Gasteiger partial charge is 0.463 e. The van der Waals surface area contributed by atoms with Crippen molar-refractivity contribution in [3.63, 3.8) is 0 Å². The highest BCUT2D eigenvalue weighted by molar-refractivity contribution is 6.30. The van der Waals surface area contributed by atoms with Crippen LogP contribution in [0.15, 0.2) is 48.2 Å². The molecule has 196 valence electrons. The molecule has 4 amide bonds. The second-order valence-corrected chi connectivity index (χ2v) is 9.20. The third kappa shape index (κ3) is 6.79. The van der Waals surface area contributed by atoms with Crippen molar-refractivity contribution in [1.29, 1.82) is 0 Å². The van der Waals surface area contributed by atoms with Crippen molar-refractivity contribution < 1.29 is 19.1 Å². The highest BCUT2D eigenvalue weighted by atomic mass is 35.5. The summed E-state index contributed by atoms with van der Waals surface area (Å²) in [6.07, 6.45) is 3.29. The zero-order chi connectivity index (χ0) is 26.1. The third-order valence-electron chi connectivity index (χ3n) is 6.20. The molecule has 0 saturated carbocycles. The van der Waals surface area contributed by atoms with E-state index >= 15 is 0 Å². The van der Waals surface area contributed by atoms with Crippen LogP contribution in [0.3, 0.4) is 0 Å². The van der Waals surface area contributed by atoms with Crippen molar-refractivity contribution in [3.8, 4) is 0 Å². The quantitative estimate of drug-likeness (QED) is 0.386. The summed E-state index contributed by atoms with van der Waals surface area (Å²) in [6, 6.07) is 6.02. The summed E-state index contributed by atoms with van der Waals surface area (Å²) >= 11 is 6.23. The number of carbonyl (C=O) groups excluding carboxylic acids is 3. The molecule has 3 rings (SSSR count). The molecular weight excluding hydrogens is 482 g/mol. The number of benzene rings is 1. The van der Waals surface area contributed by atoms with Crippen LogP contribution >= 0.6 is 11.6 Å². The molecule has 0 radical (unpaired) electrons. The van der Waals surface area contributed by atoms with Gasteiger partial charge in [-0.25, -0.2) is 14.4 Å². The number of amides is 4. The number of hydrogen-bond acceptors (Lipinski definition) is 5. The normalized spacial score (nSPS) is 19.0. The summed E-state index contributed by atoms with van der Waals surface area (Å²) in [5.74, 6) is -0.484. The van der Waals surface area contributed by atoms with Crippen molar-refractivity contribution >= 4 is 29.6 Å². The first kappa shape index (κ1) is 27.5. The van der Waals surface area contributed by atoms with Crippen molar-refractivity contribution in [3.05, 3.63) is 58.8 Å². The number of halogens is 1. The number of hydrogen-bond donors (Lipinski definition) is 2. The van der Waals surface area contributed by atoms with Crippen molar-refractivity contribution in [2.24, 2.45) is 0 Å². The Balaban J connectivity index is 1.95. The number of nitrogens with one attached hydrogen (secondary N) is 2. The molecule has 0 aromatic heterocycles. The first-order chi connectivity index (χ1) is 17.4. The Labute approximate surface area is 218 Å². The lowest BCUT2D eigenvalue weighted by Crippen LogP contribution is -2.51. The smallest absolute Gasteiger partial charge is 0.338 e. The van der Waals surface area contributed by atoms with Crippen LogP contribution in [0.5, 0.6) is 0 Å². The Morgan fingerprint density at radius 1 is 1.25 bits per heavy atom. The third-order valence-corrected chi connectivity index (χ3v) is 6.44. The average Bonchev–Trinajstić information content (AvgIpc) is 3.10. The van der Waals surface area contributed by atoms with Gasteiger partial charge in [0.25, 0.3) is 0 Å². The summed E-state index contributed by atoms with van der Waals surface area (Å²) in [5.41, 5.74) is 1.65. The predicted octanol–water partition coefficient (Wildman–Crippen LogP) is 3.54. The lowest BCUT2D eigenvalue weighted by molar-refractivity contribution is -0.139. The number of esters is 1. The van der Waals surface area contributed by atoms with Crippen molar-refractivity contribution in [2.75, 3.05) is 52.4 Å². The van der Waals surface area contributed by atoms with Crippen LogP contribution in [0.4, 0.5) is 9.59 Å². The highest BCUT2D eigenvalue weighted by Gasteiger charge is 2.38.